The highest BCUT2D eigenvalue weighted by Crippen LogP contribution is 2.43. The van der Waals surface area contributed by atoms with Crippen molar-refractivity contribution in [2.45, 2.75) is 51.6 Å². The second-order valence-electron chi connectivity index (χ2n) is 8.80. The average molecular weight is 511 g/mol. The molecule has 4 rings (SSSR count). The molecule has 2 N–H and O–H groups in total. The van der Waals surface area contributed by atoms with Crippen molar-refractivity contribution in [1.29, 1.82) is 0 Å². The number of carbonyl (C=O) groups is 1. The number of halogens is 2. The maximum Gasteiger partial charge on any atom is 0.260 e. The number of aryl methyl sites for hydroxylation is 1. The van der Waals surface area contributed by atoms with Gasteiger partial charge in [0.1, 0.15) is 4.83 Å². The van der Waals surface area contributed by atoms with E-state index in [0.717, 1.165) is 41.5 Å². The van der Waals surface area contributed by atoms with Crippen molar-refractivity contribution in [2.75, 3.05) is 11.1 Å². The highest BCUT2D eigenvalue weighted by molar-refractivity contribution is 7.99. The number of hydrogen-bond donors (Lipinski definition) is 2. The number of aromatic amines is 1. The first-order valence-corrected chi connectivity index (χ1v) is 13.2. The minimum atomic E-state index is -0.216. The maximum absolute atomic E-state index is 12.8. The third-order valence-corrected chi connectivity index (χ3v) is 9.22. The molecular formula is C23H25Cl2N3O2S2. The number of anilines is 1. The van der Waals surface area contributed by atoms with E-state index in [0.29, 0.717) is 26.8 Å². The summed E-state index contributed by atoms with van der Waals surface area (Å²) in [7, 11) is 0. The van der Waals surface area contributed by atoms with E-state index < -0.39 is 0 Å². The zero-order chi connectivity index (χ0) is 23.0. The van der Waals surface area contributed by atoms with Gasteiger partial charge in [0.25, 0.3) is 5.56 Å². The van der Waals surface area contributed by atoms with Crippen molar-refractivity contribution in [3.8, 4) is 0 Å². The molecule has 3 aromatic rings. The lowest BCUT2D eigenvalue weighted by Gasteiger charge is -2.36. The SMILES string of the molecule is CCC(C)(C)C1CCc2c(sc3nc(SCC(=O)Nc4ccc(Cl)c(Cl)c4)[nH]c(=O)c23)C1. The fourth-order valence-electron chi connectivity index (χ4n) is 4.09. The van der Waals surface area contributed by atoms with Gasteiger partial charge in [-0.25, -0.2) is 4.98 Å². The van der Waals surface area contributed by atoms with E-state index >= 15 is 0 Å². The molecule has 0 aliphatic heterocycles. The topological polar surface area (TPSA) is 74.8 Å². The largest absolute Gasteiger partial charge is 0.325 e. The first-order chi connectivity index (χ1) is 15.2. The van der Waals surface area contributed by atoms with Crippen LogP contribution in [0.1, 0.15) is 44.1 Å². The second-order valence-corrected chi connectivity index (χ2v) is 11.7. The lowest BCUT2D eigenvalue weighted by Crippen LogP contribution is -2.28. The minimum absolute atomic E-state index is 0.118. The summed E-state index contributed by atoms with van der Waals surface area (Å²) in [5.41, 5.74) is 1.90. The summed E-state index contributed by atoms with van der Waals surface area (Å²) in [6, 6.07) is 4.92. The Hall–Kier alpha value is -1.54. The van der Waals surface area contributed by atoms with Crippen LogP contribution < -0.4 is 10.9 Å². The Balaban J connectivity index is 1.48. The summed E-state index contributed by atoms with van der Waals surface area (Å²) in [5.74, 6) is 0.518. The highest BCUT2D eigenvalue weighted by atomic mass is 35.5. The molecule has 0 radical (unpaired) electrons. The van der Waals surface area contributed by atoms with Crippen LogP contribution in [0.5, 0.6) is 0 Å². The number of nitrogens with zero attached hydrogens (tertiary/aromatic N) is 1. The summed E-state index contributed by atoms with van der Waals surface area (Å²) < 4.78 is 0. The summed E-state index contributed by atoms with van der Waals surface area (Å²) in [6.45, 7) is 6.91. The Kier molecular flexibility index (Phi) is 6.92. The van der Waals surface area contributed by atoms with Crippen LogP contribution >= 0.6 is 46.3 Å². The molecule has 1 unspecified atom stereocenters. The van der Waals surface area contributed by atoms with Crippen LogP contribution in [0.4, 0.5) is 5.69 Å². The maximum atomic E-state index is 12.8. The molecule has 1 aromatic carbocycles. The Labute approximate surface area is 205 Å². The summed E-state index contributed by atoms with van der Waals surface area (Å²) in [4.78, 5) is 34.7. The summed E-state index contributed by atoms with van der Waals surface area (Å²) in [6.07, 6.45) is 4.17. The van der Waals surface area contributed by atoms with Crippen LogP contribution in [0, 0.1) is 11.3 Å². The Morgan fingerprint density at radius 1 is 1.34 bits per heavy atom. The molecule has 2 aromatic heterocycles. The third kappa shape index (κ3) is 4.86. The summed E-state index contributed by atoms with van der Waals surface area (Å²) >= 11 is 14.7. The van der Waals surface area contributed by atoms with Crippen LogP contribution in [-0.4, -0.2) is 21.6 Å². The van der Waals surface area contributed by atoms with Gasteiger partial charge in [-0.1, -0.05) is 62.2 Å². The predicted molar refractivity (Wildman–Crippen MR) is 136 cm³/mol. The monoisotopic (exact) mass is 509 g/mol. The van der Waals surface area contributed by atoms with Gasteiger partial charge in [-0.3, -0.25) is 9.59 Å². The number of thioether (sulfide) groups is 1. The van der Waals surface area contributed by atoms with E-state index in [-0.39, 0.29) is 22.6 Å². The number of fused-ring (bicyclic) bond motifs is 3. The van der Waals surface area contributed by atoms with Crippen LogP contribution in [0.2, 0.25) is 10.0 Å². The number of rotatable bonds is 6. The molecule has 0 fully saturated rings. The van der Waals surface area contributed by atoms with E-state index in [1.807, 2.05) is 0 Å². The molecule has 1 amide bonds. The molecule has 1 atom stereocenters. The molecule has 1 aliphatic rings. The van der Waals surface area contributed by atoms with Gasteiger partial charge in [0, 0.05) is 10.6 Å². The molecule has 2 heterocycles. The van der Waals surface area contributed by atoms with Gasteiger partial charge in [0.15, 0.2) is 5.16 Å². The van der Waals surface area contributed by atoms with Crippen molar-refractivity contribution < 1.29 is 4.79 Å². The number of thiophene rings is 1. The Morgan fingerprint density at radius 2 is 2.12 bits per heavy atom. The van der Waals surface area contributed by atoms with Crippen molar-refractivity contribution in [3.05, 3.63) is 49.0 Å². The van der Waals surface area contributed by atoms with Crippen molar-refractivity contribution in [2.24, 2.45) is 11.3 Å². The van der Waals surface area contributed by atoms with Gasteiger partial charge in [-0.2, -0.15) is 0 Å². The molecular weight excluding hydrogens is 485 g/mol. The zero-order valence-electron chi connectivity index (χ0n) is 18.2. The summed E-state index contributed by atoms with van der Waals surface area (Å²) in [5, 5.41) is 4.76. The lowest BCUT2D eigenvalue weighted by atomic mass is 9.70. The fourth-order valence-corrected chi connectivity index (χ4v) is 6.41. The fraction of sp³-hybridized carbons (Fsp3) is 0.435. The average Bonchev–Trinajstić information content (AvgIpc) is 3.13. The van der Waals surface area contributed by atoms with Gasteiger partial charge in [0.05, 0.1) is 21.2 Å². The lowest BCUT2D eigenvalue weighted by molar-refractivity contribution is -0.113. The van der Waals surface area contributed by atoms with Gasteiger partial charge >= 0.3 is 0 Å². The van der Waals surface area contributed by atoms with Gasteiger partial charge < -0.3 is 10.3 Å². The number of aromatic nitrogens is 2. The number of carbonyl (C=O) groups excluding carboxylic acids is 1. The van der Waals surface area contributed by atoms with Crippen LogP contribution in [-0.2, 0) is 17.6 Å². The van der Waals surface area contributed by atoms with Crippen molar-refractivity contribution in [1.82, 2.24) is 9.97 Å². The quantitative estimate of drug-likeness (QED) is 0.291. The molecule has 0 bridgehead atoms. The first-order valence-electron chi connectivity index (χ1n) is 10.6. The predicted octanol–water partition coefficient (Wildman–Crippen LogP) is 6.56. The molecule has 1 aliphatic carbocycles. The molecule has 0 saturated carbocycles. The van der Waals surface area contributed by atoms with Crippen LogP contribution in [0.25, 0.3) is 10.2 Å². The second kappa shape index (κ2) is 9.37. The molecule has 9 heteroatoms. The van der Waals surface area contributed by atoms with E-state index in [1.165, 1.54) is 16.6 Å². The van der Waals surface area contributed by atoms with Crippen molar-refractivity contribution >= 4 is 68.1 Å². The number of amides is 1. The smallest absolute Gasteiger partial charge is 0.260 e. The van der Waals surface area contributed by atoms with Crippen molar-refractivity contribution in [3.63, 3.8) is 0 Å². The number of benzene rings is 1. The van der Waals surface area contributed by atoms with Gasteiger partial charge in [-0.15, -0.1) is 11.3 Å². The standard InChI is InChI=1S/C23H25Cl2N3O2S2/c1-4-23(2,3)12-5-7-14-17(9-12)32-21-19(14)20(30)27-22(28-21)31-11-18(29)26-13-6-8-15(24)16(25)10-13/h6,8,10,12H,4-5,7,9,11H2,1-3H3,(H,26,29)(H,27,28,30). The van der Waals surface area contributed by atoms with Gasteiger partial charge in [-0.05, 0) is 54.4 Å². The molecule has 32 heavy (non-hydrogen) atoms. The van der Waals surface area contributed by atoms with E-state index in [1.54, 1.807) is 29.5 Å². The molecule has 0 spiro atoms. The minimum Gasteiger partial charge on any atom is -0.325 e. The van der Waals surface area contributed by atoms with E-state index in [4.69, 9.17) is 23.2 Å². The van der Waals surface area contributed by atoms with E-state index in [2.05, 4.69) is 36.1 Å². The zero-order valence-corrected chi connectivity index (χ0v) is 21.3. The molecule has 0 saturated heterocycles. The Bertz CT molecular complexity index is 1240. The third-order valence-electron chi connectivity index (χ3n) is 6.46. The molecule has 5 nitrogen and oxygen atoms in total. The number of H-pyrrole nitrogens is 1. The number of nitrogens with one attached hydrogen (secondary N) is 2. The van der Waals surface area contributed by atoms with E-state index in [9.17, 15) is 9.59 Å². The van der Waals surface area contributed by atoms with Crippen LogP contribution in [0.15, 0.2) is 28.2 Å². The normalized spacial score (nSPS) is 16.2. The van der Waals surface area contributed by atoms with Gasteiger partial charge in [0.2, 0.25) is 5.91 Å². The first kappa shape index (κ1) is 23.6. The van der Waals surface area contributed by atoms with Crippen LogP contribution in [0.3, 0.4) is 0 Å². The number of hydrogen-bond acceptors (Lipinski definition) is 5. The molecule has 170 valence electrons. The highest BCUT2D eigenvalue weighted by Gasteiger charge is 2.33. The Morgan fingerprint density at radius 3 is 2.84 bits per heavy atom.